The van der Waals surface area contributed by atoms with E-state index >= 15 is 0 Å². The van der Waals surface area contributed by atoms with E-state index in [9.17, 15) is 0 Å². The molecule has 0 amide bonds. The van der Waals surface area contributed by atoms with E-state index in [1.165, 1.54) is 38.5 Å². The fourth-order valence-corrected chi connectivity index (χ4v) is 5.39. The normalized spacial score (nSPS) is 44.5. The average Bonchev–Trinajstić information content (AvgIpc) is 2.37. The van der Waals surface area contributed by atoms with Crippen LogP contribution in [0.2, 0.25) is 0 Å². The van der Waals surface area contributed by atoms with Gasteiger partial charge in [-0.25, -0.2) is 0 Å². The third-order valence-corrected chi connectivity index (χ3v) is 6.63. The van der Waals surface area contributed by atoms with Gasteiger partial charge in [0.25, 0.3) is 0 Å². The summed E-state index contributed by atoms with van der Waals surface area (Å²) in [5.74, 6) is 2.13. The highest BCUT2D eigenvalue weighted by molar-refractivity contribution is 5.35. The SMILES string of the molecule is CC(C)C1=CC2=CC[C@H]3[C@@](C)(CCC[C@@]3(C)N)[C@H]2CC1. The molecule has 0 radical (unpaired) electrons. The van der Waals surface area contributed by atoms with E-state index in [0.717, 1.165) is 5.92 Å². The molecule has 4 atom stereocenters. The zero-order valence-corrected chi connectivity index (χ0v) is 13.7. The molecule has 20 heavy (non-hydrogen) atoms. The first-order valence-corrected chi connectivity index (χ1v) is 8.54. The summed E-state index contributed by atoms with van der Waals surface area (Å²) in [4.78, 5) is 0. The summed E-state index contributed by atoms with van der Waals surface area (Å²) in [6.07, 6.45) is 12.8. The van der Waals surface area contributed by atoms with Crippen LogP contribution in [0.3, 0.4) is 0 Å². The van der Waals surface area contributed by atoms with Crippen LogP contribution in [0, 0.1) is 23.2 Å². The van der Waals surface area contributed by atoms with E-state index in [0.29, 0.717) is 17.3 Å². The van der Waals surface area contributed by atoms with Gasteiger partial charge in [0.1, 0.15) is 0 Å². The molecule has 1 fully saturated rings. The van der Waals surface area contributed by atoms with E-state index in [1.807, 2.05) is 0 Å². The second-order valence-corrected chi connectivity index (χ2v) is 8.32. The topological polar surface area (TPSA) is 26.0 Å². The van der Waals surface area contributed by atoms with Gasteiger partial charge in [0.15, 0.2) is 0 Å². The van der Waals surface area contributed by atoms with Crippen molar-refractivity contribution < 1.29 is 0 Å². The van der Waals surface area contributed by atoms with Crippen molar-refractivity contribution in [1.29, 1.82) is 0 Å². The van der Waals surface area contributed by atoms with Crippen LogP contribution in [0.25, 0.3) is 0 Å². The summed E-state index contributed by atoms with van der Waals surface area (Å²) in [5, 5.41) is 0. The van der Waals surface area contributed by atoms with Crippen molar-refractivity contribution in [1.82, 2.24) is 0 Å². The summed E-state index contributed by atoms with van der Waals surface area (Å²) in [6.45, 7) is 9.50. The summed E-state index contributed by atoms with van der Waals surface area (Å²) < 4.78 is 0. The maximum Gasteiger partial charge on any atom is 0.0162 e. The number of hydrogen-bond donors (Lipinski definition) is 1. The summed E-state index contributed by atoms with van der Waals surface area (Å²) >= 11 is 0. The predicted octanol–water partition coefficient (Wildman–Crippen LogP) is 4.83. The minimum absolute atomic E-state index is 0.0388. The molecule has 0 unspecified atom stereocenters. The Morgan fingerprint density at radius 1 is 1.25 bits per heavy atom. The van der Waals surface area contributed by atoms with Crippen LogP contribution >= 0.6 is 0 Å². The van der Waals surface area contributed by atoms with Crippen LogP contribution in [0.5, 0.6) is 0 Å². The molecule has 3 aliphatic carbocycles. The molecule has 0 saturated heterocycles. The third kappa shape index (κ3) is 2.09. The smallest absolute Gasteiger partial charge is 0.0162 e. The van der Waals surface area contributed by atoms with Gasteiger partial charge in [-0.05, 0) is 67.8 Å². The van der Waals surface area contributed by atoms with Gasteiger partial charge in [-0.2, -0.15) is 0 Å². The Bertz CT molecular complexity index is 454. The lowest BCUT2D eigenvalue weighted by Crippen LogP contribution is -2.57. The Morgan fingerprint density at radius 2 is 2.00 bits per heavy atom. The lowest BCUT2D eigenvalue weighted by atomic mass is 9.49. The Kier molecular flexibility index (Phi) is 3.40. The molecule has 0 spiro atoms. The largest absolute Gasteiger partial charge is 0.325 e. The van der Waals surface area contributed by atoms with Gasteiger partial charge in [-0.15, -0.1) is 0 Å². The lowest BCUT2D eigenvalue weighted by molar-refractivity contribution is -0.00437. The highest BCUT2D eigenvalue weighted by atomic mass is 14.8. The van der Waals surface area contributed by atoms with Crippen LogP contribution in [0.4, 0.5) is 0 Å². The van der Waals surface area contributed by atoms with Gasteiger partial charge in [-0.3, -0.25) is 0 Å². The molecule has 0 aromatic carbocycles. The van der Waals surface area contributed by atoms with Crippen molar-refractivity contribution in [3.8, 4) is 0 Å². The van der Waals surface area contributed by atoms with Crippen LogP contribution < -0.4 is 5.73 Å². The first-order valence-electron chi connectivity index (χ1n) is 8.54. The summed E-state index contributed by atoms with van der Waals surface area (Å²) in [7, 11) is 0. The second-order valence-electron chi connectivity index (χ2n) is 8.32. The molecule has 0 aliphatic heterocycles. The molecule has 1 nitrogen and oxygen atoms in total. The monoisotopic (exact) mass is 273 g/mol. The molecular weight excluding hydrogens is 242 g/mol. The van der Waals surface area contributed by atoms with Crippen molar-refractivity contribution in [2.75, 3.05) is 0 Å². The molecule has 0 aromatic heterocycles. The second kappa shape index (κ2) is 4.73. The van der Waals surface area contributed by atoms with Crippen molar-refractivity contribution in [3.63, 3.8) is 0 Å². The lowest BCUT2D eigenvalue weighted by Gasteiger charge is -2.57. The Balaban J connectivity index is 1.97. The predicted molar refractivity (Wildman–Crippen MR) is 86.4 cm³/mol. The number of nitrogens with two attached hydrogens (primary N) is 1. The van der Waals surface area contributed by atoms with E-state index in [2.05, 4.69) is 39.8 Å². The standard InChI is InChI=1S/C19H31N/c1-13(2)14-6-8-16-15(12-14)7-9-17-18(16,3)10-5-11-19(17,4)20/h7,12-13,16-17H,5-6,8-11,20H2,1-4H3/t16-,17-,18-,19+/m0/s1. The van der Waals surface area contributed by atoms with E-state index < -0.39 is 0 Å². The summed E-state index contributed by atoms with van der Waals surface area (Å²) in [5.41, 5.74) is 10.4. The van der Waals surface area contributed by atoms with Crippen LogP contribution in [0.1, 0.15) is 66.2 Å². The first kappa shape index (κ1) is 14.4. The third-order valence-electron chi connectivity index (χ3n) is 6.63. The van der Waals surface area contributed by atoms with Gasteiger partial charge in [0.2, 0.25) is 0 Å². The Labute approximate surface area is 124 Å². The Morgan fingerprint density at radius 3 is 2.70 bits per heavy atom. The molecule has 0 aromatic rings. The molecule has 1 heteroatoms. The van der Waals surface area contributed by atoms with Crippen LogP contribution in [-0.4, -0.2) is 5.54 Å². The highest BCUT2D eigenvalue weighted by Gasteiger charge is 2.52. The molecule has 3 aliphatic rings. The van der Waals surface area contributed by atoms with Crippen molar-refractivity contribution in [3.05, 3.63) is 23.3 Å². The minimum Gasteiger partial charge on any atom is -0.325 e. The maximum atomic E-state index is 6.67. The molecule has 0 bridgehead atoms. The van der Waals surface area contributed by atoms with Crippen molar-refractivity contribution in [2.24, 2.45) is 28.9 Å². The molecule has 2 N–H and O–H groups in total. The van der Waals surface area contributed by atoms with Gasteiger partial charge in [0, 0.05) is 5.54 Å². The quantitative estimate of drug-likeness (QED) is 0.727. The number of fused-ring (bicyclic) bond motifs is 3. The average molecular weight is 273 g/mol. The maximum absolute atomic E-state index is 6.67. The fourth-order valence-electron chi connectivity index (χ4n) is 5.39. The molecule has 0 heterocycles. The molecule has 3 rings (SSSR count). The zero-order valence-electron chi connectivity index (χ0n) is 13.7. The van der Waals surface area contributed by atoms with Crippen molar-refractivity contribution in [2.45, 2.75) is 71.8 Å². The molecule has 1 saturated carbocycles. The Hall–Kier alpha value is -0.560. The zero-order chi connectivity index (χ0) is 14.5. The fraction of sp³-hybridized carbons (Fsp3) is 0.789. The van der Waals surface area contributed by atoms with Gasteiger partial charge < -0.3 is 5.73 Å². The summed E-state index contributed by atoms with van der Waals surface area (Å²) in [6, 6.07) is 0. The van der Waals surface area contributed by atoms with E-state index in [4.69, 9.17) is 5.73 Å². The van der Waals surface area contributed by atoms with Crippen LogP contribution in [-0.2, 0) is 0 Å². The number of rotatable bonds is 1. The van der Waals surface area contributed by atoms with E-state index in [-0.39, 0.29) is 5.54 Å². The number of hydrogen-bond acceptors (Lipinski definition) is 1. The molecular formula is C19H31N. The molecule has 112 valence electrons. The van der Waals surface area contributed by atoms with Gasteiger partial charge in [-0.1, -0.05) is 44.9 Å². The first-order chi connectivity index (χ1) is 9.34. The van der Waals surface area contributed by atoms with Crippen LogP contribution in [0.15, 0.2) is 23.3 Å². The van der Waals surface area contributed by atoms with Gasteiger partial charge >= 0.3 is 0 Å². The minimum atomic E-state index is 0.0388. The van der Waals surface area contributed by atoms with E-state index in [1.54, 1.807) is 11.1 Å². The van der Waals surface area contributed by atoms with Crippen molar-refractivity contribution >= 4 is 0 Å². The number of allylic oxidation sites excluding steroid dienone is 4. The highest BCUT2D eigenvalue weighted by Crippen LogP contribution is 2.58. The van der Waals surface area contributed by atoms with Gasteiger partial charge in [0.05, 0.1) is 0 Å².